The van der Waals surface area contributed by atoms with Gasteiger partial charge in [0, 0.05) is 10.4 Å². The van der Waals surface area contributed by atoms with Crippen molar-refractivity contribution in [2.45, 2.75) is 36.8 Å². The lowest BCUT2D eigenvalue weighted by atomic mass is 10.1. The van der Waals surface area contributed by atoms with Crippen molar-refractivity contribution in [2.75, 3.05) is 13.2 Å². The average Bonchev–Trinajstić information content (AvgIpc) is 3.65. The third kappa shape index (κ3) is 5.99. The number of sulfone groups is 1. The molecule has 0 aliphatic carbocycles. The second kappa shape index (κ2) is 11.0. The molecule has 7 heteroatoms. The first kappa shape index (κ1) is 25.5. The van der Waals surface area contributed by atoms with Crippen LogP contribution in [0.25, 0.3) is 0 Å². The summed E-state index contributed by atoms with van der Waals surface area (Å²) in [6.45, 7) is 4.75. The van der Waals surface area contributed by atoms with Crippen molar-refractivity contribution in [3.05, 3.63) is 107 Å². The number of hydrogen-bond acceptors (Lipinski definition) is 5. The maximum Gasteiger partial charge on any atom is 0.199 e. The summed E-state index contributed by atoms with van der Waals surface area (Å²) >= 11 is 0. The molecule has 3 aromatic rings. The molecule has 1 saturated heterocycles. The Morgan fingerprint density at radius 1 is 0.971 bits per heavy atom. The zero-order chi connectivity index (χ0) is 24.9. The number of benzene rings is 3. The van der Waals surface area contributed by atoms with Crippen molar-refractivity contribution in [2.24, 2.45) is 5.92 Å². The SMILES string of the molecule is C[Si](C)(/C(=C/[C@@H](CO)[C@@H]1O[C@H]1COCc1ccccc1)S(=O)(=O)c1ccccc1)c1ccccc1. The molecule has 35 heavy (non-hydrogen) atoms. The molecule has 184 valence electrons. The van der Waals surface area contributed by atoms with Gasteiger partial charge in [0.2, 0.25) is 0 Å². The lowest BCUT2D eigenvalue weighted by Gasteiger charge is -2.28. The highest BCUT2D eigenvalue weighted by Crippen LogP contribution is 2.35. The van der Waals surface area contributed by atoms with E-state index >= 15 is 0 Å². The first-order valence-corrected chi connectivity index (χ1v) is 16.3. The topological polar surface area (TPSA) is 76.1 Å². The number of epoxide rings is 1. The van der Waals surface area contributed by atoms with Crippen molar-refractivity contribution in [3.63, 3.8) is 0 Å². The average molecular weight is 509 g/mol. The molecule has 1 fully saturated rings. The molecule has 5 nitrogen and oxygen atoms in total. The van der Waals surface area contributed by atoms with Gasteiger partial charge in [0.15, 0.2) is 9.84 Å². The lowest BCUT2D eigenvalue weighted by molar-refractivity contribution is 0.104. The fourth-order valence-electron chi connectivity index (χ4n) is 4.34. The second-order valence-corrected chi connectivity index (χ2v) is 16.0. The standard InChI is InChI=1S/C28H32O5SSi/c1-35(2,25-16-10-5-11-17-25)27(34(30,31)24-14-8-4-9-15-24)18-23(19-29)28-26(33-28)21-32-20-22-12-6-3-7-13-22/h3-18,23,26,28-29H,19-21H2,1-2H3/b27-18+/t23-,26-,28-/m0/s1. The van der Waals surface area contributed by atoms with Crippen molar-refractivity contribution in [1.29, 1.82) is 0 Å². The Bertz CT molecular complexity index is 1230. The van der Waals surface area contributed by atoms with Gasteiger partial charge in [-0.15, -0.1) is 0 Å². The molecular weight excluding hydrogens is 476 g/mol. The summed E-state index contributed by atoms with van der Waals surface area (Å²) in [5.41, 5.74) is 1.08. The minimum absolute atomic E-state index is 0.172. The fourth-order valence-corrected chi connectivity index (χ4v) is 10.8. The largest absolute Gasteiger partial charge is 0.396 e. The molecule has 0 amide bonds. The van der Waals surface area contributed by atoms with Gasteiger partial charge in [0.05, 0.1) is 30.8 Å². The molecule has 0 unspecified atom stereocenters. The van der Waals surface area contributed by atoms with Crippen LogP contribution in [-0.4, -0.2) is 47.0 Å². The number of hydrogen-bond donors (Lipinski definition) is 1. The maximum absolute atomic E-state index is 13.9. The Morgan fingerprint density at radius 3 is 2.14 bits per heavy atom. The van der Waals surface area contributed by atoms with Crippen LogP contribution >= 0.6 is 0 Å². The first-order valence-electron chi connectivity index (χ1n) is 11.8. The van der Waals surface area contributed by atoms with E-state index in [1.807, 2.05) is 73.8 Å². The van der Waals surface area contributed by atoms with E-state index in [2.05, 4.69) is 0 Å². The predicted octanol–water partition coefficient (Wildman–Crippen LogP) is 4.09. The molecule has 1 heterocycles. The summed E-state index contributed by atoms with van der Waals surface area (Å²) in [5, 5.41) is 11.2. The second-order valence-electron chi connectivity index (χ2n) is 9.32. The Hall–Kier alpha value is -2.55. The van der Waals surface area contributed by atoms with Crippen molar-refractivity contribution >= 4 is 23.1 Å². The van der Waals surface area contributed by atoms with Crippen LogP contribution < -0.4 is 5.19 Å². The van der Waals surface area contributed by atoms with Crippen molar-refractivity contribution in [3.8, 4) is 0 Å². The van der Waals surface area contributed by atoms with Gasteiger partial charge < -0.3 is 14.6 Å². The molecule has 1 aliphatic heterocycles. The minimum atomic E-state index is -3.76. The number of aliphatic hydroxyl groups is 1. The van der Waals surface area contributed by atoms with E-state index in [1.165, 1.54) is 0 Å². The van der Waals surface area contributed by atoms with Gasteiger partial charge in [0.1, 0.15) is 14.2 Å². The van der Waals surface area contributed by atoms with Gasteiger partial charge in [-0.05, 0) is 17.7 Å². The Morgan fingerprint density at radius 2 is 1.54 bits per heavy atom. The van der Waals surface area contributed by atoms with Crippen LogP contribution in [0.15, 0.2) is 106 Å². The maximum atomic E-state index is 13.9. The van der Waals surface area contributed by atoms with Crippen LogP contribution in [0.1, 0.15) is 5.56 Å². The molecule has 1 N–H and O–H groups in total. The van der Waals surface area contributed by atoms with Crippen LogP contribution in [0.4, 0.5) is 0 Å². The summed E-state index contributed by atoms with van der Waals surface area (Å²) in [4.78, 5) is 0.263. The van der Waals surface area contributed by atoms with Crippen LogP contribution in [0.5, 0.6) is 0 Å². The highest BCUT2D eigenvalue weighted by Gasteiger charge is 2.46. The molecule has 1 aliphatic rings. The smallest absolute Gasteiger partial charge is 0.199 e. The van der Waals surface area contributed by atoms with E-state index in [0.29, 0.717) is 17.7 Å². The fraction of sp³-hybridized carbons (Fsp3) is 0.286. The molecule has 4 rings (SSSR count). The summed E-state index contributed by atoms with van der Waals surface area (Å²) in [6.07, 6.45) is 1.30. The monoisotopic (exact) mass is 508 g/mol. The van der Waals surface area contributed by atoms with Crippen LogP contribution in [0, 0.1) is 5.92 Å². The lowest BCUT2D eigenvalue weighted by Crippen LogP contribution is -2.46. The van der Waals surface area contributed by atoms with E-state index in [9.17, 15) is 13.5 Å². The van der Waals surface area contributed by atoms with E-state index in [4.69, 9.17) is 9.47 Å². The quantitative estimate of drug-likeness (QED) is 0.312. The van der Waals surface area contributed by atoms with Gasteiger partial charge in [0.25, 0.3) is 0 Å². The van der Waals surface area contributed by atoms with Crippen LogP contribution in [0.3, 0.4) is 0 Å². The molecule has 3 atom stereocenters. The third-order valence-electron chi connectivity index (χ3n) is 6.47. The molecular formula is C28H32O5SSi. The molecule has 0 radical (unpaired) electrons. The van der Waals surface area contributed by atoms with Gasteiger partial charge in [-0.2, -0.15) is 0 Å². The predicted molar refractivity (Wildman–Crippen MR) is 141 cm³/mol. The molecule has 0 aromatic heterocycles. The van der Waals surface area contributed by atoms with Crippen molar-refractivity contribution < 1.29 is 23.0 Å². The molecule has 3 aromatic carbocycles. The highest BCUT2D eigenvalue weighted by molar-refractivity contribution is 7.98. The zero-order valence-corrected chi connectivity index (χ0v) is 21.9. The molecule has 0 bridgehead atoms. The summed E-state index contributed by atoms with van der Waals surface area (Å²) in [6, 6.07) is 28.2. The molecule has 0 spiro atoms. The van der Waals surface area contributed by atoms with Gasteiger partial charge in [-0.25, -0.2) is 8.42 Å². The Labute approximate surface area is 209 Å². The van der Waals surface area contributed by atoms with Crippen LogP contribution in [0.2, 0.25) is 13.1 Å². The Balaban J connectivity index is 1.59. The summed E-state index contributed by atoms with van der Waals surface area (Å²) in [7, 11) is -6.40. The number of rotatable bonds is 11. The van der Waals surface area contributed by atoms with Gasteiger partial charge in [-0.3, -0.25) is 0 Å². The van der Waals surface area contributed by atoms with E-state index in [1.54, 1.807) is 36.4 Å². The summed E-state index contributed by atoms with van der Waals surface area (Å²) < 4.78 is 39.8. The van der Waals surface area contributed by atoms with E-state index < -0.39 is 23.8 Å². The van der Waals surface area contributed by atoms with E-state index in [-0.39, 0.29) is 23.7 Å². The molecule has 0 saturated carbocycles. The van der Waals surface area contributed by atoms with Crippen molar-refractivity contribution in [1.82, 2.24) is 0 Å². The van der Waals surface area contributed by atoms with E-state index in [0.717, 1.165) is 10.8 Å². The highest BCUT2D eigenvalue weighted by atomic mass is 32.2. The third-order valence-corrected chi connectivity index (χ3v) is 13.6. The minimum Gasteiger partial charge on any atom is -0.396 e. The number of aliphatic hydroxyl groups excluding tert-OH is 1. The van der Waals surface area contributed by atoms with Gasteiger partial charge in [-0.1, -0.05) is 103 Å². The summed E-state index contributed by atoms with van der Waals surface area (Å²) in [5.74, 6) is -0.440. The van der Waals surface area contributed by atoms with Gasteiger partial charge >= 0.3 is 0 Å². The number of ether oxygens (including phenoxy) is 2. The first-order chi connectivity index (χ1) is 16.8. The normalized spacial score (nSPS) is 19.3. The Kier molecular flexibility index (Phi) is 8.04. The zero-order valence-electron chi connectivity index (χ0n) is 20.1. The van der Waals surface area contributed by atoms with Crippen LogP contribution in [-0.2, 0) is 25.9 Å².